The summed E-state index contributed by atoms with van der Waals surface area (Å²) in [5.74, 6) is 1.48. The summed E-state index contributed by atoms with van der Waals surface area (Å²) in [5, 5.41) is 6.18. The summed E-state index contributed by atoms with van der Waals surface area (Å²) in [6, 6.07) is 9.18. The largest absolute Gasteiger partial charge is 0.452 e. The van der Waals surface area contributed by atoms with Crippen molar-refractivity contribution in [3.8, 4) is 0 Å². The van der Waals surface area contributed by atoms with E-state index >= 15 is 0 Å². The molecule has 0 spiro atoms. The van der Waals surface area contributed by atoms with Crippen LogP contribution in [0.1, 0.15) is 58.3 Å². The highest BCUT2D eigenvalue weighted by Gasteiger charge is 2.51. The molecule has 33 heavy (non-hydrogen) atoms. The van der Waals surface area contributed by atoms with E-state index in [0.29, 0.717) is 25.9 Å². The van der Waals surface area contributed by atoms with E-state index in [2.05, 4.69) is 10.6 Å². The zero-order valence-corrected chi connectivity index (χ0v) is 19.4. The second-order valence-corrected chi connectivity index (χ2v) is 10.8. The molecule has 1 aromatic carbocycles. The van der Waals surface area contributed by atoms with Crippen molar-refractivity contribution in [3.05, 3.63) is 30.3 Å². The van der Waals surface area contributed by atoms with Crippen LogP contribution in [0.5, 0.6) is 0 Å². The van der Waals surface area contributed by atoms with E-state index in [-0.39, 0.29) is 29.4 Å². The number of esters is 1. The molecular weight excluding hydrogens is 418 g/mol. The van der Waals surface area contributed by atoms with Crippen LogP contribution < -0.4 is 10.6 Å². The second kappa shape index (κ2) is 8.99. The minimum atomic E-state index is -0.787. The molecule has 0 radical (unpaired) electrons. The maximum absolute atomic E-state index is 12.9. The lowest BCUT2D eigenvalue weighted by atomic mass is 9.53. The number of carbonyl (C=O) groups excluding carboxylic acids is 3. The van der Waals surface area contributed by atoms with Crippen molar-refractivity contribution in [2.75, 3.05) is 18.4 Å². The molecule has 7 nitrogen and oxygen atoms in total. The number of benzene rings is 1. The molecule has 6 rings (SSSR count). The van der Waals surface area contributed by atoms with Crippen molar-refractivity contribution < 1.29 is 19.1 Å². The van der Waals surface area contributed by atoms with Gasteiger partial charge in [0.2, 0.25) is 0 Å². The van der Waals surface area contributed by atoms with Crippen LogP contribution in [-0.4, -0.2) is 47.5 Å². The number of nitrogens with one attached hydrogen (secondary N) is 2. The summed E-state index contributed by atoms with van der Waals surface area (Å²) in [4.78, 5) is 39.8. The van der Waals surface area contributed by atoms with Gasteiger partial charge < -0.3 is 20.3 Å². The van der Waals surface area contributed by atoms with E-state index in [9.17, 15) is 14.4 Å². The summed E-state index contributed by atoms with van der Waals surface area (Å²) in [6.07, 6.45) is 7.50. The molecule has 4 saturated carbocycles. The maximum atomic E-state index is 12.9. The molecule has 0 unspecified atom stereocenters. The van der Waals surface area contributed by atoms with Gasteiger partial charge in [-0.1, -0.05) is 18.2 Å². The molecule has 1 heterocycles. The average Bonchev–Trinajstić information content (AvgIpc) is 2.78. The Kier molecular flexibility index (Phi) is 6.06. The van der Waals surface area contributed by atoms with Gasteiger partial charge in [-0.05, 0) is 88.2 Å². The first-order valence-electron chi connectivity index (χ1n) is 12.5. The Balaban J connectivity index is 1.08. The fourth-order valence-corrected chi connectivity index (χ4v) is 6.99. The van der Waals surface area contributed by atoms with Gasteiger partial charge in [0.05, 0.1) is 5.92 Å². The first kappa shape index (κ1) is 22.2. The number of nitrogens with zero attached hydrogens (tertiary/aromatic N) is 1. The fraction of sp³-hybridized carbons (Fsp3) is 0.654. The van der Waals surface area contributed by atoms with Crippen LogP contribution in [0.15, 0.2) is 30.3 Å². The number of hydrogen-bond donors (Lipinski definition) is 2. The normalized spacial score (nSPS) is 31.7. The van der Waals surface area contributed by atoms with Gasteiger partial charge in [0.25, 0.3) is 5.91 Å². The molecule has 5 fully saturated rings. The third kappa shape index (κ3) is 4.87. The van der Waals surface area contributed by atoms with Crippen molar-refractivity contribution in [3.63, 3.8) is 0 Å². The summed E-state index contributed by atoms with van der Waals surface area (Å²) >= 11 is 0. The van der Waals surface area contributed by atoms with Gasteiger partial charge in [0.15, 0.2) is 6.10 Å². The Labute approximate surface area is 195 Å². The van der Waals surface area contributed by atoms with Gasteiger partial charge >= 0.3 is 12.0 Å². The topological polar surface area (TPSA) is 87.7 Å². The molecule has 178 valence electrons. The molecule has 1 aliphatic heterocycles. The number of ether oxygens (including phenoxy) is 1. The Morgan fingerprint density at radius 1 is 0.970 bits per heavy atom. The van der Waals surface area contributed by atoms with Gasteiger partial charge in [-0.25, -0.2) is 4.79 Å². The van der Waals surface area contributed by atoms with Gasteiger partial charge in [0, 0.05) is 24.3 Å². The molecule has 1 saturated heterocycles. The Bertz CT molecular complexity index is 859. The number of urea groups is 1. The van der Waals surface area contributed by atoms with Gasteiger partial charge in [0.1, 0.15) is 0 Å². The van der Waals surface area contributed by atoms with Crippen molar-refractivity contribution in [2.45, 2.75) is 69.9 Å². The lowest BCUT2D eigenvalue weighted by Crippen LogP contribution is -2.61. The van der Waals surface area contributed by atoms with Crippen LogP contribution in [0.2, 0.25) is 0 Å². The van der Waals surface area contributed by atoms with Crippen LogP contribution in [0.4, 0.5) is 10.5 Å². The van der Waals surface area contributed by atoms with Gasteiger partial charge in [-0.2, -0.15) is 0 Å². The van der Waals surface area contributed by atoms with Crippen LogP contribution in [0, 0.1) is 23.7 Å². The molecule has 0 aromatic heterocycles. The number of rotatable bonds is 5. The SMILES string of the molecule is C[C@@H](OC(=O)C1CCN(C(=O)Nc2ccccc2)CC1)C(=O)NC12CC3CC(CC(C3)C1)C2. The lowest BCUT2D eigenvalue weighted by molar-refractivity contribution is -0.161. The highest BCUT2D eigenvalue weighted by atomic mass is 16.5. The second-order valence-electron chi connectivity index (χ2n) is 10.8. The van der Waals surface area contributed by atoms with E-state index in [1.54, 1.807) is 11.8 Å². The lowest BCUT2D eigenvalue weighted by Gasteiger charge is -2.57. The Morgan fingerprint density at radius 3 is 2.12 bits per heavy atom. The minimum Gasteiger partial charge on any atom is -0.452 e. The van der Waals surface area contributed by atoms with Crippen LogP contribution in [0.25, 0.3) is 0 Å². The molecule has 4 bridgehead atoms. The van der Waals surface area contributed by atoms with E-state index in [4.69, 9.17) is 4.74 Å². The zero-order chi connectivity index (χ0) is 23.0. The van der Waals surface area contributed by atoms with Gasteiger partial charge in [-0.3, -0.25) is 9.59 Å². The van der Waals surface area contributed by atoms with E-state index in [0.717, 1.165) is 42.7 Å². The molecule has 1 atom stereocenters. The Hall–Kier alpha value is -2.57. The van der Waals surface area contributed by atoms with Crippen molar-refractivity contribution in [2.24, 2.45) is 23.7 Å². The van der Waals surface area contributed by atoms with E-state index in [1.807, 2.05) is 30.3 Å². The summed E-state index contributed by atoms with van der Waals surface area (Å²) in [6.45, 7) is 2.66. The van der Waals surface area contributed by atoms with Crippen molar-refractivity contribution in [1.82, 2.24) is 10.2 Å². The third-order valence-corrected chi connectivity index (χ3v) is 8.23. The number of amides is 3. The monoisotopic (exact) mass is 453 g/mol. The predicted octanol–water partition coefficient (Wildman–Crippen LogP) is 3.95. The quantitative estimate of drug-likeness (QED) is 0.661. The number of para-hydroxylation sites is 1. The standard InChI is InChI=1S/C26H35N3O4/c1-17(23(30)28-26-14-18-11-19(15-26)13-20(12-18)16-26)33-24(31)21-7-9-29(10-8-21)25(32)27-22-5-3-2-4-6-22/h2-6,17-21H,7-16H2,1H3,(H,27,32)(H,28,30)/t17-,18?,19?,20?,26?/m1/s1. The Morgan fingerprint density at radius 2 is 1.55 bits per heavy atom. The summed E-state index contributed by atoms with van der Waals surface area (Å²) < 4.78 is 5.59. The van der Waals surface area contributed by atoms with E-state index < -0.39 is 6.10 Å². The number of likely N-dealkylation sites (tertiary alicyclic amines) is 1. The molecule has 3 amide bonds. The number of anilines is 1. The third-order valence-electron chi connectivity index (χ3n) is 8.23. The number of piperidine rings is 1. The fourth-order valence-electron chi connectivity index (χ4n) is 6.99. The average molecular weight is 454 g/mol. The van der Waals surface area contributed by atoms with Crippen molar-refractivity contribution >= 4 is 23.6 Å². The summed E-state index contributed by atoms with van der Waals surface area (Å²) in [7, 11) is 0. The zero-order valence-electron chi connectivity index (χ0n) is 19.4. The molecular formula is C26H35N3O4. The van der Waals surface area contributed by atoms with Crippen LogP contribution in [0.3, 0.4) is 0 Å². The first-order chi connectivity index (χ1) is 15.9. The predicted molar refractivity (Wildman–Crippen MR) is 124 cm³/mol. The molecule has 5 aliphatic rings. The maximum Gasteiger partial charge on any atom is 0.321 e. The first-order valence-corrected chi connectivity index (χ1v) is 12.5. The highest BCUT2D eigenvalue weighted by Crippen LogP contribution is 2.55. The minimum absolute atomic E-state index is 0.0794. The summed E-state index contributed by atoms with van der Waals surface area (Å²) in [5.41, 5.74) is 0.673. The van der Waals surface area contributed by atoms with Crippen LogP contribution in [-0.2, 0) is 14.3 Å². The molecule has 7 heteroatoms. The van der Waals surface area contributed by atoms with Crippen molar-refractivity contribution in [1.29, 1.82) is 0 Å². The van der Waals surface area contributed by atoms with Crippen LogP contribution >= 0.6 is 0 Å². The molecule has 2 N–H and O–H groups in total. The van der Waals surface area contributed by atoms with E-state index in [1.165, 1.54) is 19.3 Å². The number of hydrogen-bond acceptors (Lipinski definition) is 4. The molecule has 1 aromatic rings. The molecule has 4 aliphatic carbocycles. The number of carbonyl (C=O) groups is 3. The smallest absolute Gasteiger partial charge is 0.321 e. The highest BCUT2D eigenvalue weighted by molar-refractivity contribution is 5.89. The van der Waals surface area contributed by atoms with Gasteiger partial charge in [-0.15, -0.1) is 0 Å².